The molecule has 0 aromatic rings. The molecular weight excluding hydrogens is 232 g/mol. The Hall–Kier alpha value is -1.06. The lowest BCUT2D eigenvalue weighted by molar-refractivity contribution is -0.158. The standard InChI is InChI=1S/C14H26O4/c1-4-6-8-10-13(15)17-11-12(3)18-14(16)9-7-5-2/h12H,4-11H2,1-3H3. The molecule has 106 valence electrons. The van der Waals surface area contributed by atoms with Crippen molar-refractivity contribution in [1.29, 1.82) is 0 Å². The van der Waals surface area contributed by atoms with Gasteiger partial charge in [0.15, 0.2) is 0 Å². The Kier molecular flexibility index (Phi) is 10.4. The highest BCUT2D eigenvalue weighted by atomic mass is 16.6. The van der Waals surface area contributed by atoms with Gasteiger partial charge in [0, 0.05) is 12.8 Å². The van der Waals surface area contributed by atoms with Crippen LogP contribution in [-0.2, 0) is 19.1 Å². The van der Waals surface area contributed by atoms with Gasteiger partial charge >= 0.3 is 11.9 Å². The van der Waals surface area contributed by atoms with Crippen LogP contribution in [-0.4, -0.2) is 24.6 Å². The number of unbranched alkanes of at least 4 members (excludes halogenated alkanes) is 3. The highest BCUT2D eigenvalue weighted by Crippen LogP contribution is 2.03. The Morgan fingerprint density at radius 2 is 1.56 bits per heavy atom. The molecule has 0 aliphatic heterocycles. The molecule has 0 radical (unpaired) electrons. The Morgan fingerprint density at radius 1 is 0.944 bits per heavy atom. The predicted octanol–water partition coefficient (Wildman–Crippen LogP) is 3.23. The van der Waals surface area contributed by atoms with Crippen molar-refractivity contribution < 1.29 is 19.1 Å². The Labute approximate surface area is 110 Å². The van der Waals surface area contributed by atoms with Crippen LogP contribution < -0.4 is 0 Å². The average Bonchev–Trinajstić information content (AvgIpc) is 2.34. The van der Waals surface area contributed by atoms with E-state index in [0.29, 0.717) is 12.8 Å². The zero-order valence-electron chi connectivity index (χ0n) is 11.9. The molecule has 0 saturated carbocycles. The molecule has 0 spiro atoms. The molecule has 0 amide bonds. The highest BCUT2D eigenvalue weighted by Gasteiger charge is 2.11. The third-order valence-corrected chi connectivity index (χ3v) is 2.53. The van der Waals surface area contributed by atoms with Gasteiger partial charge in [0.2, 0.25) is 0 Å². The van der Waals surface area contributed by atoms with Crippen LogP contribution in [0.5, 0.6) is 0 Å². The lowest BCUT2D eigenvalue weighted by Gasteiger charge is -2.13. The van der Waals surface area contributed by atoms with Gasteiger partial charge in [-0.3, -0.25) is 9.59 Å². The van der Waals surface area contributed by atoms with Crippen LogP contribution in [0.15, 0.2) is 0 Å². The van der Waals surface area contributed by atoms with Gasteiger partial charge in [0.05, 0.1) is 0 Å². The molecule has 0 aromatic carbocycles. The number of carbonyl (C=O) groups is 2. The summed E-state index contributed by atoms with van der Waals surface area (Å²) in [5.41, 5.74) is 0. The highest BCUT2D eigenvalue weighted by molar-refractivity contribution is 5.70. The summed E-state index contributed by atoms with van der Waals surface area (Å²) in [5, 5.41) is 0. The van der Waals surface area contributed by atoms with E-state index in [1.165, 1.54) is 0 Å². The maximum atomic E-state index is 11.3. The summed E-state index contributed by atoms with van der Waals surface area (Å²) >= 11 is 0. The van der Waals surface area contributed by atoms with Crippen molar-refractivity contribution >= 4 is 11.9 Å². The molecule has 0 heterocycles. The summed E-state index contributed by atoms with van der Waals surface area (Å²) in [6, 6.07) is 0. The lowest BCUT2D eigenvalue weighted by Crippen LogP contribution is -2.22. The molecule has 0 fully saturated rings. The third-order valence-electron chi connectivity index (χ3n) is 2.53. The zero-order chi connectivity index (χ0) is 13.8. The molecule has 4 nitrogen and oxygen atoms in total. The van der Waals surface area contributed by atoms with Crippen LogP contribution in [0.2, 0.25) is 0 Å². The fraction of sp³-hybridized carbons (Fsp3) is 0.857. The molecule has 0 saturated heterocycles. The normalized spacial score (nSPS) is 11.9. The van der Waals surface area contributed by atoms with E-state index < -0.39 is 0 Å². The minimum atomic E-state index is -0.357. The quantitative estimate of drug-likeness (QED) is 0.446. The van der Waals surface area contributed by atoms with E-state index in [9.17, 15) is 9.59 Å². The first kappa shape index (κ1) is 16.9. The molecule has 0 aliphatic carbocycles. The zero-order valence-corrected chi connectivity index (χ0v) is 11.9. The fourth-order valence-corrected chi connectivity index (χ4v) is 1.44. The molecule has 0 N–H and O–H groups in total. The van der Waals surface area contributed by atoms with E-state index in [1.807, 2.05) is 6.92 Å². The topological polar surface area (TPSA) is 52.6 Å². The summed E-state index contributed by atoms with van der Waals surface area (Å²) in [6.45, 7) is 6.00. The van der Waals surface area contributed by atoms with E-state index in [-0.39, 0.29) is 24.6 Å². The largest absolute Gasteiger partial charge is 0.462 e. The summed E-state index contributed by atoms with van der Waals surface area (Å²) < 4.78 is 10.2. The monoisotopic (exact) mass is 258 g/mol. The number of ether oxygens (including phenoxy) is 2. The van der Waals surface area contributed by atoms with Crippen LogP contribution in [0.1, 0.15) is 65.7 Å². The average molecular weight is 258 g/mol. The van der Waals surface area contributed by atoms with E-state index in [4.69, 9.17) is 9.47 Å². The van der Waals surface area contributed by atoms with Gasteiger partial charge in [-0.25, -0.2) is 0 Å². The summed E-state index contributed by atoms with van der Waals surface area (Å²) in [6.07, 6.45) is 5.31. The Balaban J connectivity index is 3.59. The van der Waals surface area contributed by atoms with Crippen molar-refractivity contribution in [1.82, 2.24) is 0 Å². The maximum Gasteiger partial charge on any atom is 0.306 e. The van der Waals surface area contributed by atoms with Crippen molar-refractivity contribution in [3.05, 3.63) is 0 Å². The number of hydrogen-bond donors (Lipinski definition) is 0. The number of hydrogen-bond acceptors (Lipinski definition) is 4. The summed E-state index contributed by atoms with van der Waals surface area (Å²) in [4.78, 5) is 22.6. The lowest BCUT2D eigenvalue weighted by atomic mass is 10.2. The van der Waals surface area contributed by atoms with Crippen LogP contribution in [0.25, 0.3) is 0 Å². The molecule has 0 rings (SSSR count). The van der Waals surface area contributed by atoms with Crippen LogP contribution >= 0.6 is 0 Å². The predicted molar refractivity (Wildman–Crippen MR) is 70.2 cm³/mol. The number of rotatable bonds is 10. The molecule has 1 atom stereocenters. The smallest absolute Gasteiger partial charge is 0.306 e. The molecule has 0 bridgehead atoms. The first-order valence-corrected chi connectivity index (χ1v) is 6.95. The van der Waals surface area contributed by atoms with Crippen LogP contribution in [0.4, 0.5) is 0 Å². The summed E-state index contributed by atoms with van der Waals surface area (Å²) in [7, 11) is 0. The van der Waals surface area contributed by atoms with Crippen LogP contribution in [0, 0.1) is 0 Å². The van der Waals surface area contributed by atoms with Gasteiger partial charge in [0.1, 0.15) is 12.7 Å². The van der Waals surface area contributed by atoms with Gasteiger partial charge in [0.25, 0.3) is 0 Å². The van der Waals surface area contributed by atoms with Crippen molar-refractivity contribution in [3.8, 4) is 0 Å². The second-order valence-corrected chi connectivity index (χ2v) is 4.54. The molecule has 1 unspecified atom stereocenters. The van der Waals surface area contributed by atoms with Gasteiger partial charge in [-0.2, -0.15) is 0 Å². The van der Waals surface area contributed by atoms with Gasteiger partial charge in [-0.05, 0) is 19.8 Å². The first-order valence-electron chi connectivity index (χ1n) is 6.95. The molecule has 0 aliphatic rings. The van der Waals surface area contributed by atoms with E-state index >= 15 is 0 Å². The van der Waals surface area contributed by atoms with E-state index in [1.54, 1.807) is 6.92 Å². The van der Waals surface area contributed by atoms with Gasteiger partial charge < -0.3 is 9.47 Å². The Morgan fingerprint density at radius 3 is 2.17 bits per heavy atom. The minimum absolute atomic E-state index is 0.156. The molecular formula is C14H26O4. The minimum Gasteiger partial charge on any atom is -0.462 e. The first-order chi connectivity index (χ1) is 8.60. The van der Waals surface area contributed by atoms with E-state index in [2.05, 4.69) is 6.92 Å². The fourth-order valence-electron chi connectivity index (χ4n) is 1.44. The molecule has 0 aromatic heterocycles. The third kappa shape index (κ3) is 10.1. The molecule has 4 heteroatoms. The van der Waals surface area contributed by atoms with E-state index in [0.717, 1.165) is 32.1 Å². The van der Waals surface area contributed by atoms with Crippen molar-refractivity contribution in [3.63, 3.8) is 0 Å². The van der Waals surface area contributed by atoms with Crippen LogP contribution in [0.3, 0.4) is 0 Å². The Bertz CT molecular complexity index is 238. The van der Waals surface area contributed by atoms with Gasteiger partial charge in [-0.1, -0.05) is 33.1 Å². The maximum absolute atomic E-state index is 11.3. The number of esters is 2. The van der Waals surface area contributed by atoms with Gasteiger partial charge in [-0.15, -0.1) is 0 Å². The number of carbonyl (C=O) groups excluding carboxylic acids is 2. The van der Waals surface area contributed by atoms with Crippen molar-refractivity contribution in [2.24, 2.45) is 0 Å². The molecule has 18 heavy (non-hydrogen) atoms. The SMILES string of the molecule is CCCCCC(=O)OCC(C)OC(=O)CCCC. The van der Waals surface area contributed by atoms with Crippen molar-refractivity contribution in [2.45, 2.75) is 71.8 Å². The van der Waals surface area contributed by atoms with Crippen molar-refractivity contribution in [2.75, 3.05) is 6.61 Å². The second-order valence-electron chi connectivity index (χ2n) is 4.54. The second kappa shape index (κ2) is 11.1. The summed E-state index contributed by atoms with van der Waals surface area (Å²) in [5.74, 6) is -0.425.